The van der Waals surface area contributed by atoms with Gasteiger partial charge in [0.25, 0.3) is 0 Å². The molecule has 5 nitrogen and oxygen atoms in total. The summed E-state index contributed by atoms with van der Waals surface area (Å²) in [5.74, 6) is 0. The molecule has 1 heterocycles. The van der Waals surface area contributed by atoms with Gasteiger partial charge >= 0.3 is 6.09 Å². The molecule has 0 N–H and O–H groups in total. The highest BCUT2D eigenvalue weighted by atomic mass is 16.6. The molecule has 0 aliphatic carbocycles. The van der Waals surface area contributed by atoms with Crippen LogP contribution in [0.4, 0.5) is 4.79 Å². The van der Waals surface area contributed by atoms with Gasteiger partial charge in [0, 0.05) is 0 Å². The summed E-state index contributed by atoms with van der Waals surface area (Å²) in [6, 6.07) is 9.74. The van der Waals surface area contributed by atoms with Crippen molar-refractivity contribution in [3.05, 3.63) is 48.6 Å². The highest BCUT2D eigenvalue weighted by Gasteiger charge is 2.48. The predicted molar refractivity (Wildman–Crippen MR) is 102 cm³/mol. The van der Waals surface area contributed by atoms with Crippen LogP contribution in [0, 0.1) is 0 Å². The van der Waals surface area contributed by atoms with Crippen LogP contribution < -0.4 is 0 Å². The third kappa shape index (κ3) is 5.32. The maximum absolute atomic E-state index is 12.8. The van der Waals surface area contributed by atoms with Crippen molar-refractivity contribution in [2.75, 3.05) is 6.61 Å². The molecule has 1 saturated heterocycles. The molecule has 0 radical (unpaired) electrons. The van der Waals surface area contributed by atoms with Crippen molar-refractivity contribution in [2.45, 2.75) is 71.1 Å². The Kier molecular flexibility index (Phi) is 6.48. The first-order chi connectivity index (χ1) is 12.1. The van der Waals surface area contributed by atoms with Gasteiger partial charge in [-0.2, -0.15) is 0 Å². The monoisotopic (exact) mass is 361 g/mol. The summed E-state index contributed by atoms with van der Waals surface area (Å²) in [5.41, 5.74) is -0.231. The van der Waals surface area contributed by atoms with E-state index in [1.807, 2.05) is 71.0 Å². The summed E-state index contributed by atoms with van der Waals surface area (Å²) in [6.45, 7) is 14.0. The number of amides is 1. The van der Waals surface area contributed by atoms with Crippen molar-refractivity contribution < 1.29 is 19.0 Å². The average Bonchev–Trinajstić information content (AvgIpc) is 2.86. The number of hydrogen-bond acceptors (Lipinski definition) is 4. The van der Waals surface area contributed by atoms with E-state index >= 15 is 0 Å². The second kappa shape index (κ2) is 8.23. The number of nitrogens with zero attached hydrogens (tertiary/aromatic N) is 1. The molecule has 0 aromatic heterocycles. The Hall–Kier alpha value is -1.85. The van der Waals surface area contributed by atoms with E-state index in [9.17, 15) is 4.79 Å². The van der Waals surface area contributed by atoms with Gasteiger partial charge in [0.1, 0.15) is 11.3 Å². The lowest BCUT2D eigenvalue weighted by Crippen LogP contribution is -2.53. The largest absolute Gasteiger partial charge is 0.444 e. The quantitative estimate of drug-likeness (QED) is 0.699. The molecule has 5 heteroatoms. The number of carbonyl (C=O) groups is 1. The number of ether oxygens (including phenoxy) is 3. The van der Waals surface area contributed by atoms with Gasteiger partial charge in [-0.25, -0.2) is 4.79 Å². The van der Waals surface area contributed by atoms with Gasteiger partial charge in [0.15, 0.2) is 0 Å². The van der Waals surface area contributed by atoms with E-state index in [0.717, 1.165) is 5.56 Å². The first-order valence-electron chi connectivity index (χ1n) is 9.07. The van der Waals surface area contributed by atoms with E-state index in [1.54, 1.807) is 4.90 Å². The minimum absolute atomic E-state index is 0.220. The molecule has 0 saturated carbocycles. The first-order valence-corrected chi connectivity index (χ1v) is 9.07. The molecule has 1 aromatic rings. The zero-order valence-electron chi connectivity index (χ0n) is 16.5. The van der Waals surface area contributed by atoms with Crippen LogP contribution >= 0.6 is 0 Å². The third-order valence-corrected chi connectivity index (χ3v) is 4.24. The Bertz CT molecular complexity index is 606. The predicted octanol–water partition coefficient (Wildman–Crippen LogP) is 4.52. The normalized spacial score (nSPS) is 20.7. The molecule has 1 aliphatic rings. The summed E-state index contributed by atoms with van der Waals surface area (Å²) in [5, 5.41) is 0. The van der Waals surface area contributed by atoms with E-state index in [0.29, 0.717) is 19.6 Å². The van der Waals surface area contributed by atoms with Crippen LogP contribution in [0.2, 0.25) is 0 Å². The standard InChI is InChI=1S/C21H31NO4/c1-7-11-18(24-14-16-12-9-8-10-13-16)17-15-25-21(5,6)22(17)19(23)26-20(2,3)4/h7-10,12-13,17-18H,1,11,14-15H2,2-6H3/t17-,18+/m0/s1. The lowest BCUT2D eigenvalue weighted by Gasteiger charge is -2.37. The van der Waals surface area contributed by atoms with Crippen LogP contribution in [-0.2, 0) is 20.8 Å². The van der Waals surface area contributed by atoms with E-state index in [-0.39, 0.29) is 18.2 Å². The molecule has 0 bridgehead atoms. The SMILES string of the molecule is C=CC[C@@H](OCc1ccccc1)[C@@H]1COC(C)(C)N1C(=O)OC(C)(C)C. The molecule has 1 amide bonds. The lowest BCUT2D eigenvalue weighted by atomic mass is 10.1. The fourth-order valence-corrected chi connectivity index (χ4v) is 3.05. The van der Waals surface area contributed by atoms with E-state index < -0.39 is 11.3 Å². The van der Waals surface area contributed by atoms with Gasteiger partial charge in [0.05, 0.1) is 25.4 Å². The molecule has 1 fully saturated rings. The molecule has 2 rings (SSSR count). The number of rotatable bonds is 6. The van der Waals surface area contributed by atoms with Gasteiger partial charge in [0.2, 0.25) is 0 Å². The maximum atomic E-state index is 12.8. The summed E-state index contributed by atoms with van der Waals surface area (Å²) in [4.78, 5) is 14.5. The molecule has 26 heavy (non-hydrogen) atoms. The van der Waals surface area contributed by atoms with Crippen LogP contribution in [0.1, 0.15) is 46.6 Å². The molecule has 1 aromatic carbocycles. The number of carbonyl (C=O) groups excluding carboxylic acids is 1. The highest BCUT2D eigenvalue weighted by Crippen LogP contribution is 2.33. The minimum Gasteiger partial charge on any atom is -0.444 e. The van der Waals surface area contributed by atoms with E-state index in [4.69, 9.17) is 14.2 Å². The van der Waals surface area contributed by atoms with Crippen molar-refractivity contribution in [3.63, 3.8) is 0 Å². The van der Waals surface area contributed by atoms with Crippen LogP contribution in [-0.4, -0.2) is 41.1 Å². The second-order valence-corrected chi connectivity index (χ2v) is 8.03. The Morgan fingerprint density at radius 2 is 2.04 bits per heavy atom. The second-order valence-electron chi connectivity index (χ2n) is 8.03. The van der Waals surface area contributed by atoms with Crippen molar-refractivity contribution in [2.24, 2.45) is 0 Å². The average molecular weight is 361 g/mol. The van der Waals surface area contributed by atoms with Crippen molar-refractivity contribution in [3.8, 4) is 0 Å². The fourth-order valence-electron chi connectivity index (χ4n) is 3.05. The van der Waals surface area contributed by atoms with E-state index in [2.05, 4.69) is 6.58 Å². The highest BCUT2D eigenvalue weighted by molar-refractivity contribution is 5.70. The number of benzene rings is 1. The first kappa shape index (κ1) is 20.5. The van der Waals surface area contributed by atoms with Crippen LogP contribution in [0.15, 0.2) is 43.0 Å². The summed E-state index contributed by atoms with van der Waals surface area (Å²) >= 11 is 0. The molecule has 1 aliphatic heterocycles. The molecule has 0 spiro atoms. The Labute approximate surface area is 156 Å². The Morgan fingerprint density at radius 1 is 1.38 bits per heavy atom. The van der Waals surface area contributed by atoms with E-state index in [1.165, 1.54) is 0 Å². The molecule has 0 unspecified atom stereocenters. The Balaban J connectivity index is 2.16. The Morgan fingerprint density at radius 3 is 2.62 bits per heavy atom. The smallest absolute Gasteiger partial charge is 0.412 e. The van der Waals surface area contributed by atoms with Crippen LogP contribution in [0.3, 0.4) is 0 Å². The molecular weight excluding hydrogens is 330 g/mol. The van der Waals surface area contributed by atoms with Crippen molar-refractivity contribution in [1.29, 1.82) is 0 Å². The van der Waals surface area contributed by atoms with Crippen molar-refractivity contribution >= 4 is 6.09 Å². The van der Waals surface area contributed by atoms with Gasteiger partial charge < -0.3 is 14.2 Å². The lowest BCUT2D eigenvalue weighted by molar-refractivity contribution is -0.0735. The molecular formula is C21H31NO4. The van der Waals surface area contributed by atoms with Gasteiger partial charge in [-0.1, -0.05) is 36.4 Å². The topological polar surface area (TPSA) is 48.0 Å². The summed E-state index contributed by atoms with van der Waals surface area (Å²) in [7, 11) is 0. The zero-order valence-corrected chi connectivity index (χ0v) is 16.5. The van der Waals surface area contributed by atoms with Gasteiger partial charge in [-0.3, -0.25) is 4.90 Å². The maximum Gasteiger partial charge on any atom is 0.412 e. The number of hydrogen-bond donors (Lipinski definition) is 0. The van der Waals surface area contributed by atoms with Crippen LogP contribution in [0.5, 0.6) is 0 Å². The third-order valence-electron chi connectivity index (χ3n) is 4.24. The minimum atomic E-state index is -0.747. The summed E-state index contributed by atoms with van der Waals surface area (Å²) < 4.78 is 17.7. The molecule has 2 atom stereocenters. The van der Waals surface area contributed by atoms with Gasteiger partial charge in [-0.05, 0) is 46.6 Å². The summed E-state index contributed by atoms with van der Waals surface area (Å²) in [6.07, 6.45) is 1.83. The van der Waals surface area contributed by atoms with Gasteiger partial charge in [-0.15, -0.1) is 6.58 Å². The zero-order chi connectivity index (χ0) is 19.4. The molecule has 144 valence electrons. The fraction of sp³-hybridized carbons (Fsp3) is 0.571. The van der Waals surface area contributed by atoms with Crippen molar-refractivity contribution in [1.82, 2.24) is 4.90 Å². The van der Waals surface area contributed by atoms with Crippen LogP contribution in [0.25, 0.3) is 0 Å².